The monoisotopic (exact) mass is 305 g/mol. The van der Waals surface area contributed by atoms with Gasteiger partial charge < -0.3 is 4.74 Å². The molecule has 0 radical (unpaired) electrons. The van der Waals surface area contributed by atoms with E-state index in [1.54, 1.807) is 30.3 Å². The molecule has 5 heteroatoms. The zero-order valence-electron chi connectivity index (χ0n) is 12.1. The molecule has 2 aromatic rings. The molecule has 0 aromatic heterocycles. The third kappa shape index (κ3) is 4.58. The van der Waals surface area contributed by atoms with Crippen LogP contribution in [0.4, 0.5) is 0 Å². The van der Waals surface area contributed by atoms with E-state index < -0.39 is 10.0 Å². The smallest absolute Gasteiger partial charge is 0.240 e. The highest BCUT2D eigenvalue weighted by atomic mass is 32.2. The van der Waals surface area contributed by atoms with E-state index in [-0.39, 0.29) is 17.5 Å². The third-order valence-corrected chi connectivity index (χ3v) is 4.21. The molecule has 1 N–H and O–H groups in total. The summed E-state index contributed by atoms with van der Waals surface area (Å²) in [5, 5.41) is 0. The Morgan fingerprint density at radius 2 is 1.76 bits per heavy atom. The lowest BCUT2D eigenvalue weighted by Crippen LogP contribution is -2.23. The Morgan fingerprint density at radius 3 is 2.43 bits per heavy atom. The zero-order chi connectivity index (χ0) is 15.3. The molecule has 2 rings (SSSR count). The second kappa shape index (κ2) is 6.74. The quantitative estimate of drug-likeness (QED) is 0.892. The van der Waals surface area contributed by atoms with Crippen molar-refractivity contribution >= 4 is 10.0 Å². The number of ether oxygens (including phenoxy) is 1. The van der Waals surface area contributed by atoms with E-state index in [0.29, 0.717) is 0 Å². The van der Waals surface area contributed by atoms with E-state index in [4.69, 9.17) is 4.74 Å². The van der Waals surface area contributed by atoms with Crippen molar-refractivity contribution in [2.75, 3.05) is 0 Å². The highest BCUT2D eigenvalue weighted by Gasteiger charge is 2.12. The second-order valence-corrected chi connectivity index (χ2v) is 6.72. The summed E-state index contributed by atoms with van der Waals surface area (Å²) in [5.74, 6) is 0.737. The minimum Gasteiger partial charge on any atom is -0.491 e. The Hall–Kier alpha value is -1.85. The van der Waals surface area contributed by atoms with Crippen molar-refractivity contribution in [3.63, 3.8) is 0 Å². The molecule has 2 aromatic carbocycles. The lowest BCUT2D eigenvalue weighted by molar-refractivity contribution is 0.242. The van der Waals surface area contributed by atoms with Gasteiger partial charge in [0, 0.05) is 6.54 Å². The molecular weight excluding hydrogens is 286 g/mol. The maximum atomic E-state index is 12.1. The fraction of sp³-hybridized carbons (Fsp3) is 0.250. The van der Waals surface area contributed by atoms with Crippen LogP contribution >= 0.6 is 0 Å². The zero-order valence-corrected chi connectivity index (χ0v) is 12.9. The van der Waals surface area contributed by atoms with Crippen LogP contribution in [-0.4, -0.2) is 14.5 Å². The first-order valence-electron chi connectivity index (χ1n) is 6.78. The number of hydrogen-bond donors (Lipinski definition) is 1. The van der Waals surface area contributed by atoms with E-state index in [0.717, 1.165) is 11.3 Å². The van der Waals surface area contributed by atoms with Gasteiger partial charge in [0.15, 0.2) is 0 Å². The van der Waals surface area contributed by atoms with Crippen LogP contribution < -0.4 is 9.46 Å². The lowest BCUT2D eigenvalue weighted by atomic mass is 10.2. The van der Waals surface area contributed by atoms with E-state index in [9.17, 15) is 8.42 Å². The van der Waals surface area contributed by atoms with Crippen LogP contribution in [0.3, 0.4) is 0 Å². The molecule has 0 amide bonds. The van der Waals surface area contributed by atoms with Crippen molar-refractivity contribution < 1.29 is 13.2 Å². The molecule has 0 saturated heterocycles. The van der Waals surface area contributed by atoms with Gasteiger partial charge in [0.25, 0.3) is 0 Å². The summed E-state index contributed by atoms with van der Waals surface area (Å²) < 4.78 is 32.4. The summed E-state index contributed by atoms with van der Waals surface area (Å²) in [5.41, 5.74) is 0.854. The molecular formula is C16H19NO3S. The minimum absolute atomic E-state index is 0.0845. The summed E-state index contributed by atoms with van der Waals surface area (Å²) in [6.07, 6.45) is 0.0845. The number of hydrogen-bond acceptors (Lipinski definition) is 3. The van der Waals surface area contributed by atoms with Gasteiger partial charge in [-0.1, -0.05) is 30.3 Å². The standard InChI is InChI=1S/C16H19NO3S/c1-13(2)20-15-8-6-7-14(11-15)12-17-21(18,19)16-9-4-3-5-10-16/h3-11,13,17H,12H2,1-2H3. The molecule has 0 aliphatic carbocycles. The molecule has 21 heavy (non-hydrogen) atoms. The van der Waals surface area contributed by atoms with Gasteiger partial charge in [-0.2, -0.15) is 0 Å². The van der Waals surface area contributed by atoms with Crippen molar-refractivity contribution in [2.45, 2.75) is 31.4 Å². The molecule has 4 nitrogen and oxygen atoms in total. The van der Waals surface area contributed by atoms with Crippen LogP contribution in [0.5, 0.6) is 5.75 Å². The Morgan fingerprint density at radius 1 is 1.05 bits per heavy atom. The highest BCUT2D eigenvalue weighted by Crippen LogP contribution is 2.15. The topological polar surface area (TPSA) is 55.4 Å². The predicted octanol–water partition coefficient (Wildman–Crippen LogP) is 2.95. The second-order valence-electron chi connectivity index (χ2n) is 4.95. The molecule has 0 atom stereocenters. The van der Waals surface area contributed by atoms with Crippen molar-refractivity contribution in [1.29, 1.82) is 0 Å². The average molecular weight is 305 g/mol. The van der Waals surface area contributed by atoms with Crippen molar-refractivity contribution in [3.05, 3.63) is 60.2 Å². The van der Waals surface area contributed by atoms with Crippen LogP contribution in [0.25, 0.3) is 0 Å². The van der Waals surface area contributed by atoms with Crippen molar-refractivity contribution in [1.82, 2.24) is 4.72 Å². The van der Waals surface area contributed by atoms with Gasteiger partial charge in [-0.05, 0) is 43.7 Å². The first-order chi connectivity index (χ1) is 9.97. The Bertz CT molecular complexity index is 682. The molecule has 0 unspecified atom stereocenters. The Labute approximate surface area is 125 Å². The van der Waals surface area contributed by atoms with E-state index >= 15 is 0 Å². The number of nitrogens with one attached hydrogen (secondary N) is 1. The number of sulfonamides is 1. The van der Waals surface area contributed by atoms with Crippen LogP contribution in [-0.2, 0) is 16.6 Å². The van der Waals surface area contributed by atoms with Gasteiger partial charge >= 0.3 is 0 Å². The Balaban J connectivity index is 2.06. The third-order valence-electron chi connectivity index (χ3n) is 2.79. The summed E-state index contributed by atoms with van der Waals surface area (Å²) in [4.78, 5) is 0.264. The average Bonchev–Trinajstić information content (AvgIpc) is 2.46. The summed E-state index contributed by atoms with van der Waals surface area (Å²) in [7, 11) is -3.49. The van der Waals surface area contributed by atoms with Gasteiger partial charge in [-0.15, -0.1) is 0 Å². The molecule has 0 spiro atoms. The van der Waals surface area contributed by atoms with E-state index in [1.807, 2.05) is 38.1 Å². The van der Waals surface area contributed by atoms with Crippen LogP contribution in [0.2, 0.25) is 0 Å². The summed E-state index contributed by atoms with van der Waals surface area (Å²) in [6.45, 7) is 4.13. The molecule has 0 heterocycles. The highest BCUT2D eigenvalue weighted by molar-refractivity contribution is 7.89. The Kier molecular flexibility index (Phi) is 4.98. The van der Waals surface area contributed by atoms with Crippen molar-refractivity contribution in [3.8, 4) is 5.75 Å². The molecule has 112 valence electrons. The van der Waals surface area contributed by atoms with E-state index in [2.05, 4.69) is 4.72 Å². The molecule has 0 aliphatic rings. The summed E-state index contributed by atoms with van der Waals surface area (Å²) >= 11 is 0. The maximum absolute atomic E-state index is 12.1. The fourth-order valence-electron chi connectivity index (χ4n) is 1.86. The van der Waals surface area contributed by atoms with Gasteiger partial charge in [0.05, 0.1) is 11.0 Å². The van der Waals surface area contributed by atoms with Gasteiger partial charge in [-0.3, -0.25) is 0 Å². The van der Waals surface area contributed by atoms with E-state index in [1.165, 1.54) is 0 Å². The number of rotatable bonds is 6. The van der Waals surface area contributed by atoms with Crippen LogP contribution in [0.1, 0.15) is 19.4 Å². The molecule has 0 aliphatic heterocycles. The molecule has 0 saturated carbocycles. The van der Waals surface area contributed by atoms with Gasteiger partial charge in [0.1, 0.15) is 5.75 Å². The fourth-order valence-corrected chi connectivity index (χ4v) is 2.90. The molecule has 0 bridgehead atoms. The van der Waals surface area contributed by atoms with Crippen molar-refractivity contribution in [2.24, 2.45) is 0 Å². The first kappa shape index (κ1) is 15.5. The molecule has 0 fully saturated rings. The van der Waals surface area contributed by atoms with Gasteiger partial charge in [0.2, 0.25) is 10.0 Å². The normalized spacial score (nSPS) is 11.6. The number of benzene rings is 2. The predicted molar refractivity (Wildman–Crippen MR) is 82.7 cm³/mol. The summed E-state index contributed by atoms with van der Waals surface area (Å²) in [6, 6.07) is 15.7. The lowest BCUT2D eigenvalue weighted by Gasteiger charge is -2.11. The van der Waals surface area contributed by atoms with Gasteiger partial charge in [-0.25, -0.2) is 13.1 Å². The first-order valence-corrected chi connectivity index (χ1v) is 8.26. The maximum Gasteiger partial charge on any atom is 0.240 e. The van der Waals surface area contributed by atoms with Crippen LogP contribution in [0, 0.1) is 0 Å². The SMILES string of the molecule is CC(C)Oc1cccc(CNS(=O)(=O)c2ccccc2)c1. The largest absolute Gasteiger partial charge is 0.491 e. The minimum atomic E-state index is -3.49. The van der Waals surface area contributed by atoms with Crippen LogP contribution in [0.15, 0.2) is 59.5 Å².